The molecule has 0 unspecified atom stereocenters. The van der Waals surface area contributed by atoms with Crippen LogP contribution >= 0.6 is 0 Å². The van der Waals surface area contributed by atoms with Gasteiger partial charge in [0.05, 0.1) is 5.69 Å². The average molecular weight is 204 g/mol. The first-order valence-electron chi connectivity index (χ1n) is 4.67. The summed E-state index contributed by atoms with van der Waals surface area (Å²) in [7, 11) is 0. The van der Waals surface area contributed by atoms with Crippen molar-refractivity contribution < 1.29 is 9.53 Å². The average Bonchev–Trinajstić information content (AvgIpc) is 2.61. The first-order chi connectivity index (χ1) is 7.20. The van der Waals surface area contributed by atoms with Crippen LogP contribution in [0.2, 0.25) is 0 Å². The summed E-state index contributed by atoms with van der Waals surface area (Å²) in [5, 5.41) is 0.950. The number of benzene rings is 1. The van der Waals surface area contributed by atoms with Crippen molar-refractivity contribution in [2.45, 2.75) is 6.92 Å². The molecule has 1 aromatic carbocycles. The summed E-state index contributed by atoms with van der Waals surface area (Å²) in [5.41, 5.74) is 6.80. The van der Waals surface area contributed by atoms with Crippen molar-refractivity contribution in [3.05, 3.63) is 30.0 Å². The van der Waals surface area contributed by atoms with Gasteiger partial charge < -0.3 is 9.72 Å². The van der Waals surface area contributed by atoms with Crippen LogP contribution in [-0.4, -0.2) is 17.5 Å². The minimum absolute atomic E-state index is 0.0208. The summed E-state index contributed by atoms with van der Waals surface area (Å²) >= 11 is 0. The van der Waals surface area contributed by atoms with Gasteiger partial charge in [0.15, 0.2) is 5.78 Å². The third kappa shape index (κ3) is 1.85. The van der Waals surface area contributed by atoms with E-state index in [0.29, 0.717) is 11.4 Å². The topological polar surface area (TPSA) is 68.1 Å². The Labute approximate surface area is 87.0 Å². The number of Topliss-reactive ketones (excluding diaryl/α,β-unsaturated/α-hetero) is 1. The predicted molar refractivity (Wildman–Crippen MR) is 58.0 cm³/mol. The van der Waals surface area contributed by atoms with E-state index in [1.54, 1.807) is 6.07 Å². The number of nitrogens with one attached hydrogen (secondary N) is 1. The van der Waals surface area contributed by atoms with Crippen molar-refractivity contribution in [1.29, 1.82) is 0 Å². The molecule has 3 N–H and O–H groups in total. The number of ether oxygens (including phenoxy) is 1. The number of hydrogen-bond acceptors (Lipinski definition) is 3. The van der Waals surface area contributed by atoms with Crippen LogP contribution in [0.4, 0.5) is 0 Å². The Kier molecular flexibility index (Phi) is 2.43. The lowest BCUT2D eigenvalue weighted by Crippen LogP contribution is -2.06. The van der Waals surface area contributed by atoms with E-state index in [9.17, 15) is 4.79 Å². The van der Waals surface area contributed by atoms with Gasteiger partial charge in [0.25, 0.3) is 0 Å². The first-order valence-corrected chi connectivity index (χ1v) is 4.67. The number of rotatable bonds is 3. The molecule has 0 aliphatic rings. The molecule has 0 atom stereocenters. The molecule has 0 spiro atoms. The SMILES string of the molecule is CC(=O)c1cc2cc(OCN)ccc2[nH]1. The first kappa shape index (κ1) is 9.73. The molecule has 4 heteroatoms. The Hall–Kier alpha value is -1.81. The van der Waals surface area contributed by atoms with Gasteiger partial charge in [-0.05, 0) is 24.3 Å². The molecule has 0 aliphatic carbocycles. The minimum atomic E-state index is 0.0208. The summed E-state index contributed by atoms with van der Waals surface area (Å²) in [6.07, 6.45) is 0. The van der Waals surface area contributed by atoms with E-state index in [1.807, 2.05) is 18.2 Å². The highest BCUT2D eigenvalue weighted by Crippen LogP contribution is 2.21. The standard InChI is InChI=1S/C11H12N2O2/c1-7(14)11-5-8-4-9(15-6-12)2-3-10(8)13-11/h2-5,13H,6,12H2,1H3. The Morgan fingerprint density at radius 3 is 2.93 bits per heavy atom. The second kappa shape index (κ2) is 3.74. The van der Waals surface area contributed by atoms with Crippen LogP contribution < -0.4 is 10.5 Å². The fourth-order valence-electron chi connectivity index (χ4n) is 1.49. The molecule has 1 heterocycles. The molecule has 15 heavy (non-hydrogen) atoms. The van der Waals surface area contributed by atoms with Gasteiger partial charge in [0, 0.05) is 17.8 Å². The highest BCUT2D eigenvalue weighted by molar-refractivity contribution is 5.98. The highest BCUT2D eigenvalue weighted by Gasteiger charge is 2.05. The van der Waals surface area contributed by atoms with Crippen molar-refractivity contribution >= 4 is 16.7 Å². The van der Waals surface area contributed by atoms with Crippen molar-refractivity contribution in [3.63, 3.8) is 0 Å². The second-order valence-corrected chi connectivity index (χ2v) is 3.30. The van der Waals surface area contributed by atoms with Gasteiger partial charge in [-0.1, -0.05) is 0 Å². The Morgan fingerprint density at radius 1 is 1.47 bits per heavy atom. The molecule has 0 bridgehead atoms. The predicted octanol–water partition coefficient (Wildman–Crippen LogP) is 1.67. The lowest BCUT2D eigenvalue weighted by molar-refractivity contribution is 0.101. The third-order valence-corrected chi connectivity index (χ3v) is 2.22. The van der Waals surface area contributed by atoms with Crippen LogP contribution in [0.25, 0.3) is 10.9 Å². The largest absolute Gasteiger partial charge is 0.479 e. The number of fused-ring (bicyclic) bond motifs is 1. The second-order valence-electron chi connectivity index (χ2n) is 3.30. The van der Waals surface area contributed by atoms with Gasteiger partial charge in [-0.3, -0.25) is 10.5 Å². The van der Waals surface area contributed by atoms with Gasteiger partial charge in [-0.2, -0.15) is 0 Å². The smallest absolute Gasteiger partial charge is 0.175 e. The van der Waals surface area contributed by atoms with Gasteiger partial charge in [0.2, 0.25) is 0 Å². The maximum atomic E-state index is 11.1. The lowest BCUT2D eigenvalue weighted by atomic mass is 10.2. The maximum absolute atomic E-state index is 11.1. The van der Waals surface area contributed by atoms with Crippen LogP contribution in [0.3, 0.4) is 0 Å². The molecule has 0 fully saturated rings. The summed E-state index contributed by atoms with van der Waals surface area (Å²) < 4.78 is 5.16. The number of ketones is 1. The quantitative estimate of drug-likeness (QED) is 0.590. The normalized spacial score (nSPS) is 10.5. The van der Waals surface area contributed by atoms with Crippen LogP contribution in [0.1, 0.15) is 17.4 Å². The molecule has 0 saturated carbocycles. The van der Waals surface area contributed by atoms with E-state index in [2.05, 4.69) is 4.98 Å². The minimum Gasteiger partial charge on any atom is -0.479 e. The zero-order valence-electron chi connectivity index (χ0n) is 8.41. The Bertz CT molecular complexity index is 502. The molecule has 78 valence electrons. The number of carbonyl (C=O) groups is 1. The van der Waals surface area contributed by atoms with Crippen LogP contribution in [0.15, 0.2) is 24.3 Å². The monoisotopic (exact) mass is 204 g/mol. The fourth-order valence-corrected chi connectivity index (χ4v) is 1.49. The van der Waals surface area contributed by atoms with Gasteiger partial charge in [-0.25, -0.2) is 0 Å². The summed E-state index contributed by atoms with van der Waals surface area (Å²) in [6.45, 7) is 1.68. The fraction of sp³-hybridized carbons (Fsp3) is 0.182. The highest BCUT2D eigenvalue weighted by atomic mass is 16.5. The molecular weight excluding hydrogens is 192 g/mol. The summed E-state index contributed by atoms with van der Waals surface area (Å²) in [4.78, 5) is 14.2. The van der Waals surface area contributed by atoms with E-state index in [1.165, 1.54) is 6.92 Å². The lowest BCUT2D eigenvalue weighted by Gasteiger charge is -2.01. The number of aromatic nitrogens is 1. The summed E-state index contributed by atoms with van der Waals surface area (Å²) in [5.74, 6) is 0.728. The van der Waals surface area contributed by atoms with Crippen LogP contribution in [-0.2, 0) is 0 Å². The Balaban J connectivity index is 2.47. The molecule has 2 rings (SSSR count). The van der Waals surface area contributed by atoms with Gasteiger partial charge >= 0.3 is 0 Å². The van der Waals surface area contributed by atoms with E-state index in [-0.39, 0.29) is 12.5 Å². The molecule has 0 aliphatic heterocycles. The zero-order valence-corrected chi connectivity index (χ0v) is 8.41. The molecule has 0 amide bonds. The van der Waals surface area contributed by atoms with Crippen LogP contribution in [0.5, 0.6) is 5.75 Å². The van der Waals surface area contributed by atoms with E-state index < -0.39 is 0 Å². The van der Waals surface area contributed by atoms with Gasteiger partial charge in [-0.15, -0.1) is 0 Å². The van der Waals surface area contributed by atoms with Crippen molar-refractivity contribution in [2.75, 3.05) is 6.73 Å². The molecule has 4 nitrogen and oxygen atoms in total. The summed E-state index contributed by atoms with van der Waals surface area (Å²) in [6, 6.07) is 7.34. The van der Waals surface area contributed by atoms with Crippen molar-refractivity contribution in [3.8, 4) is 5.75 Å². The molecule has 1 aromatic heterocycles. The zero-order chi connectivity index (χ0) is 10.8. The van der Waals surface area contributed by atoms with E-state index in [4.69, 9.17) is 10.5 Å². The molecule has 2 aromatic rings. The van der Waals surface area contributed by atoms with Crippen LogP contribution in [0, 0.1) is 0 Å². The number of hydrogen-bond donors (Lipinski definition) is 2. The molecule has 0 saturated heterocycles. The van der Waals surface area contributed by atoms with E-state index >= 15 is 0 Å². The van der Waals surface area contributed by atoms with Crippen molar-refractivity contribution in [2.24, 2.45) is 5.73 Å². The Morgan fingerprint density at radius 2 is 2.27 bits per heavy atom. The molecule has 0 radical (unpaired) electrons. The van der Waals surface area contributed by atoms with E-state index in [0.717, 1.165) is 10.9 Å². The van der Waals surface area contributed by atoms with Crippen molar-refractivity contribution in [1.82, 2.24) is 4.98 Å². The number of H-pyrrole nitrogens is 1. The van der Waals surface area contributed by atoms with Gasteiger partial charge in [0.1, 0.15) is 12.5 Å². The number of carbonyl (C=O) groups excluding carboxylic acids is 1. The molecular formula is C11H12N2O2. The number of nitrogens with two attached hydrogens (primary N) is 1. The third-order valence-electron chi connectivity index (χ3n) is 2.22. The number of aromatic amines is 1. The maximum Gasteiger partial charge on any atom is 0.175 e.